The van der Waals surface area contributed by atoms with Gasteiger partial charge in [0.2, 0.25) is 0 Å². The molecule has 1 aromatic rings. The van der Waals surface area contributed by atoms with E-state index in [9.17, 15) is 18.0 Å². The third-order valence-corrected chi connectivity index (χ3v) is 5.23. The molecule has 2 saturated heterocycles. The summed E-state index contributed by atoms with van der Waals surface area (Å²) in [5.74, 6) is 0. The number of nitrogens with zero attached hydrogens (tertiary/aromatic N) is 4. The maximum absolute atomic E-state index is 12.6. The summed E-state index contributed by atoms with van der Waals surface area (Å²) in [5, 5.41) is 6.53. The maximum atomic E-state index is 12.6. The second-order valence-corrected chi connectivity index (χ2v) is 7.10. The van der Waals surface area contributed by atoms with E-state index in [4.69, 9.17) is 0 Å². The SMILES string of the molecule is CN1CCC2(CCCN2C(=O)NCc2cnn(CC(F)(F)F)c2)CC1. The Morgan fingerprint density at radius 1 is 1.28 bits per heavy atom. The molecule has 2 fully saturated rings. The number of aromatic nitrogens is 2. The zero-order valence-electron chi connectivity index (χ0n) is 14.3. The maximum Gasteiger partial charge on any atom is 0.408 e. The third-order valence-electron chi connectivity index (χ3n) is 5.23. The number of amides is 2. The molecule has 0 aromatic carbocycles. The van der Waals surface area contributed by atoms with E-state index < -0.39 is 12.7 Å². The summed E-state index contributed by atoms with van der Waals surface area (Å²) < 4.78 is 37.9. The van der Waals surface area contributed by atoms with Gasteiger partial charge in [-0.15, -0.1) is 0 Å². The van der Waals surface area contributed by atoms with Crippen LogP contribution < -0.4 is 5.32 Å². The number of carbonyl (C=O) groups excluding carboxylic acids is 1. The molecule has 1 spiro atoms. The molecule has 0 unspecified atom stereocenters. The number of likely N-dealkylation sites (tertiary alicyclic amines) is 2. The van der Waals surface area contributed by atoms with Crippen LogP contribution in [0.2, 0.25) is 0 Å². The molecule has 2 aliphatic heterocycles. The van der Waals surface area contributed by atoms with Crippen molar-refractivity contribution in [3.8, 4) is 0 Å². The number of hydrogen-bond acceptors (Lipinski definition) is 3. The molecule has 0 atom stereocenters. The summed E-state index contributed by atoms with van der Waals surface area (Å²) in [7, 11) is 2.09. The second kappa shape index (κ2) is 6.86. The molecule has 3 heterocycles. The number of carbonyl (C=O) groups is 1. The largest absolute Gasteiger partial charge is 0.408 e. The van der Waals surface area contributed by atoms with Crippen molar-refractivity contribution in [1.82, 2.24) is 24.9 Å². The highest BCUT2D eigenvalue weighted by Crippen LogP contribution is 2.38. The molecule has 0 bridgehead atoms. The van der Waals surface area contributed by atoms with Gasteiger partial charge >= 0.3 is 12.2 Å². The Balaban J connectivity index is 1.55. The highest BCUT2D eigenvalue weighted by atomic mass is 19.4. The van der Waals surface area contributed by atoms with Crippen LogP contribution in [0.4, 0.5) is 18.0 Å². The van der Waals surface area contributed by atoms with E-state index in [0.29, 0.717) is 5.56 Å². The van der Waals surface area contributed by atoms with Gasteiger partial charge in [0, 0.05) is 43.5 Å². The average Bonchev–Trinajstić information content (AvgIpc) is 3.14. The van der Waals surface area contributed by atoms with Gasteiger partial charge < -0.3 is 15.1 Å². The molecule has 1 aromatic heterocycles. The van der Waals surface area contributed by atoms with E-state index in [2.05, 4.69) is 22.4 Å². The minimum absolute atomic E-state index is 0.0585. The fourth-order valence-electron chi connectivity index (χ4n) is 3.85. The molecule has 0 saturated carbocycles. The molecule has 6 nitrogen and oxygen atoms in total. The molecule has 3 rings (SSSR count). The normalized spacial score (nSPS) is 21.0. The van der Waals surface area contributed by atoms with Crippen LogP contribution in [0.25, 0.3) is 0 Å². The third kappa shape index (κ3) is 4.26. The van der Waals surface area contributed by atoms with Crippen LogP contribution in [0, 0.1) is 0 Å². The Bertz CT molecular complexity index is 607. The lowest BCUT2D eigenvalue weighted by Gasteiger charge is -2.44. The number of rotatable bonds is 3. The summed E-state index contributed by atoms with van der Waals surface area (Å²) in [6.07, 6.45) is 2.35. The average molecular weight is 359 g/mol. The number of halogens is 3. The molecular weight excluding hydrogens is 335 g/mol. The van der Waals surface area contributed by atoms with E-state index in [1.54, 1.807) is 0 Å². The van der Waals surface area contributed by atoms with Crippen molar-refractivity contribution in [2.75, 3.05) is 26.7 Å². The van der Waals surface area contributed by atoms with Gasteiger partial charge in [-0.3, -0.25) is 4.68 Å². The minimum atomic E-state index is -4.30. The molecule has 0 radical (unpaired) electrons. The first-order chi connectivity index (χ1) is 11.8. The van der Waals surface area contributed by atoms with Gasteiger partial charge in [0.25, 0.3) is 0 Å². The van der Waals surface area contributed by atoms with Gasteiger partial charge in [-0.2, -0.15) is 18.3 Å². The lowest BCUT2D eigenvalue weighted by atomic mass is 9.85. The zero-order chi connectivity index (χ0) is 18.1. The van der Waals surface area contributed by atoms with Crippen LogP contribution in [-0.4, -0.2) is 64.0 Å². The highest BCUT2D eigenvalue weighted by Gasteiger charge is 2.44. The minimum Gasteiger partial charge on any atom is -0.334 e. The van der Waals surface area contributed by atoms with E-state index in [1.165, 1.54) is 12.4 Å². The zero-order valence-corrected chi connectivity index (χ0v) is 14.3. The monoisotopic (exact) mass is 359 g/mol. The van der Waals surface area contributed by atoms with Gasteiger partial charge in [0.15, 0.2) is 0 Å². The quantitative estimate of drug-likeness (QED) is 0.900. The van der Waals surface area contributed by atoms with Crippen molar-refractivity contribution in [1.29, 1.82) is 0 Å². The summed E-state index contributed by atoms with van der Waals surface area (Å²) in [5.41, 5.74) is 0.506. The van der Waals surface area contributed by atoms with Crippen molar-refractivity contribution in [2.45, 2.75) is 50.5 Å². The first kappa shape index (κ1) is 18.0. The molecule has 2 amide bonds. The Hall–Kier alpha value is -1.77. The second-order valence-electron chi connectivity index (χ2n) is 7.10. The Kier molecular flexibility index (Phi) is 4.95. The van der Waals surface area contributed by atoms with E-state index >= 15 is 0 Å². The van der Waals surface area contributed by atoms with E-state index in [0.717, 1.165) is 50.0 Å². The fourth-order valence-corrected chi connectivity index (χ4v) is 3.85. The molecule has 2 aliphatic rings. The van der Waals surface area contributed by atoms with Crippen molar-refractivity contribution in [3.63, 3.8) is 0 Å². The Labute approximate surface area is 144 Å². The van der Waals surface area contributed by atoms with Gasteiger partial charge in [-0.05, 0) is 32.7 Å². The highest BCUT2D eigenvalue weighted by molar-refractivity contribution is 5.75. The first-order valence-corrected chi connectivity index (χ1v) is 8.60. The van der Waals surface area contributed by atoms with Crippen molar-refractivity contribution in [3.05, 3.63) is 18.0 Å². The number of nitrogens with one attached hydrogen (secondary N) is 1. The number of urea groups is 1. The van der Waals surface area contributed by atoms with Crippen LogP contribution in [0.3, 0.4) is 0 Å². The fraction of sp³-hybridized carbons (Fsp3) is 0.750. The molecule has 0 aliphatic carbocycles. The van der Waals surface area contributed by atoms with Gasteiger partial charge in [-0.25, -0.2) is 4.79 Å². The molecule has 25 heavy (non-hydrogen) atoms. The van der Waals surface area contributed by atoms with E-state index in [-0.39, 0.29) is 18.1 Å². The predicted octanol–water partition coefficient (Wildman–Crippen LogP) is 2.22. The number of piperidine rings is 1. The Morgan fingerprint density at radius 3 is 2.68 bits per heavy atom. The summed E-state index contributed by atoms with van der Waals surface area (Å²) in [4.78, 5) is 16.8. The van der Waals surface area contributed by atoms with Crippen LogP contribution in [-0.2, 0) is 13.1 Å². The molecular formula is C16H24F3N5O. The van der Waals surface area contributed by atoms with Crippen molar-refractivity contribution in [2.24, 2.45) is 0 Å². The molecule has 140 valence electrons. The van der Waals surface area contributed by atoms with Crippen molar-refractivity contribution >= 4 is 6.03 Å². The van der Waals surface area contributed by atoms with Crippen LogP contribution >= 0.6 is 0 Å². The molecule has 9 heteroatoms. The Morgan fingerprint density at radius 2 is 2.00 bits per heavy atom. The lowest BCUT2D eigenvalue weighted by molar-refractivity contribution is -0.142. The van der Waals surface area contributed by atoms with Crippen LogP contribution in [0.1, 0.15) is 31.2 Å². The van der Waals surface area contributed by atoms with E-state index in [1.807, 2.05) is 4.90 Å². The predicted molar refractivity (Wildman–Crippen MR) is 85.9 cm³/mol. The smallest absolute Gasteiger partial charge is 0.334 e. The number of hydrogen-bond donors (Lipinski definition) is 1. The van der Waals surface area contributed by atoms with Crippen LogP contribution in [0.15, 0.2) is 12.4 Å². The summed E-state index contributed by atoms with van der Waals surface area (Å²) in [6, 6.07) is -0.134. The van der Waals surface area contributed by atoms with Gasteiger partial charge in [-0.1, -0.05) is 0 Å². The lowest BCUT2D eigenvalue weighted by Crippen LogP contribution is -2.55. The summed E-state index contributed by atoms with van der Waals surface area (Å²) >= 11 is 0. The standard InChI is InChI=1S/C16H24F3N5O/c1-22-7-4-15(5-8-22)3-2-6-24(15)14(25)20-9-13-10-21-23(11-13)12-16(17,18)19/h10-11H,2-9,12H2,1H3,(H,20,25). The topological polar surface area (TPSA) is 53.4 Å². The van der Waals surface area contributed by atoms with Gasteiger partial charge in [0.1, 0.15) is 6.54 Å². The van der Waals surface area contributed by atoms with Gasteiger partial charge in [0.05, 0.1) is 6.20 Å². The number of alkyl halides is 3. The van der Waals surface area contributed by atoms with Crippen molar-refractivity contribution < 1.29 is 18.0 Å². The first-order valence-electron chi connectivity index (χ1n) is 8.60. The van der Waals surface area contributed by atoms with Crippen LogP contribution in [0.5, 0.6) is 0 Å². The summed E-state index contributed by atoms with van der Waals surface area (Å²) in [6.45, 7) is 1.76. The molecule has 1 N–H and O–H groups in total.